The monoisotopic (exact) mass is 256 g/mol. The van der Waals surface area contributed by atoms with E-state index < -0.39 is 0 Å². The highest BCUT2D eigenvalue weighted by Gasteiger charge is 2.22. The minimum atomic E-state index is -0.0140. The summed E-state index contributed by atoms with van der Waals surface area (Å²) in [5.74, 6) is 0.111. The topological polar surface area (TPSA) is 61.6 Å². The summed E-state index contributed by atoms with van der Waals surface area (Å²) in [4.78, 5) is 16.2. The van der Waals surface area contributed by atoms with Crippen molar-refractivity contribution in [3.05, 3.63) is 0 Å². The fourth-order valence-electron chi connectivity index (χ4n) is 1.84. The van der Waals surface area contributed by atoms with Crippen molar-refractivity contribution in [3.63, 3.8) is 0 Å². The van der Waals surface area contributed by atoms with Gasteiger partial charge in [0.1, 0.15) is 0 Å². The molecule has 1 heterocycles. The molecule has 1 fully saturated rings. The minimum absolute atomic E-state index is 0.0140. The molecular weight excluding hydrogens is 228 g/mol. The maximum atomic E-state index is 11.9. The van der Waals surface area contributed by atoms with Crippen molar-refractivity contribution in [2.75, 3.05) is 40.3 Å². The van der Waals surface area contributed by atoms with E-state index in [4.69, 9.17) is 5.73 Å². The van der Waals surface area contributed by atoms with E-state index in [1.165, 1.54) is 0 Å². The average molecular weight is 256 g/mol. The predicted octanol–water partition coefficient (Wildman–Crippen LogP) is -0.134. The molecule has 1 aliphatic heterocycles. The third kappa shape index (κ3) is 4.92. The summed E-state index contributed by atoms with van der Waals surface area (Å²) in [5.41, 5.74) is 5.83. The number of nitrogens with one attached hydrogen (secondary N) is 1. The Bertz CT molecular complexity index is 270. The quantitative estimate of drug-likeness (QED) is 0.719. The summed E-state index contributed by atoms with van der Waals surface area (Å²) in [7, 11) is 4.05. The van der Waals surface area contributed by atoms with Crippen LogP contribution in [0.5, 0.6) is 0 Å². The highest BCUT2D eigenvalue weighted by atomic mass is 16.2. The first-order chi connectivity index (χ1) is 8.31. The van der Waals surface area contributed by atoms with Gasteiger partial charge in [0.2, 0.25) is 5.91 Å². The number of carbonyl (C=O) groups excluding carboxylic acids is 1. The van der Waals surface area contributed by atoms with Gasteiger partial charge < -0.3 is 16.0 Å². The summed E-state index contributed by atoms with van der Waals surface area (Å²) in [6, 6.07) is 0.317. The van der Waals surface area contributed by atoms with Gasteiger partial charge >= 0.3 is 0 Å². The Labute approximate surface area is 111 Å². The Hall–Kier alpha value is -0.650. The number of piperidine rings is 1. The Morgan fingerprint density at radius 1 is 1.39 bits per heavy atom. The molecule has 5 heteroatoms. The third-order valence-corrected chi connectivity index (χ3v) is 3.93. The highest BCUT2D eigenvalue weighted by Crippen LogP contribution is 2.09. The lowest BCUT2D eigenvalue weighted by atomic mass is 10.0. The maximum Gasteiger partial charge on any atom is 0.234 e. The summed E-state index contributed by atoms with van der Waals surface area (Å²) >= 11 is 0. The van der Waals surface area contributed by atoms with Crippen LogP contribution in [0.25, 0.3) is 0 Å². The first-order valence-corrected chi connectivity index (χ1v) is 6.73. The number of carbonyl (C=O) groups is 1. The van der Waals surface area contributed by atoms with Gasteiger partial charge in [-0.1, -0.05) is 0 Å². The molecule has 1 aliphatic rings. The van der Waals surface area contributed by atoms with E-state index in [9.17, 15) is 4.79 Å². The molecular formula is C13H28N4O. The molecule has 0 unspecified atom stereocenters. The van der Waals surface area contributed by atoms with Gasteiger partial charge in [-0.15, -0.1) is 0 Å². The minimum Gasteiger partial charge on any atom is -0.353 e. The van der Waals surface area contributed by atoms with Crippen LogP contribution < -0.4 is 11.1 Å². The molecule has 0 bridgehead atoms. The average Bonchev–Trinajstić information content (AvgIpc) is 2.29. The normalized spacial score (nSPS) is 19.2. The number of hydrogen-bond acceptors (Lipinski definition) is 4. The van der Waals surface area contributed by atoms with Crippen molar-refractivity contribution in [1.29, 1.82) is 0 Å². The van der Waals surface area contributed by atoms with Gasteiger partial charge in [0.25, 0.3) is 0 Å². The number of rotatable bonds is 5. The van der Waals surface area contributed by atoms with Gasteiger partial charge in [-0.05, 0) is 40.8 Å². The molecule has 0 spiro atoms. The first kappa shape index (κ1) is 15.4. The van der Waals surface area contributed by atoms with Gasteiger partial charge in [0, 0.05) is 31.2 Å². The van der Waals surface area contributed by atoms with Crippen molar-refractivity contribution in [2.24, 2.45) is 5.73 Å². The molecule has 3 N–H and O–H groups in total. The second-order valence-electron chi connectivity index (χ2n) is 6.10. The number of likely N-dealkylation sites (N-methyl/N-ethyl adjacent to an activating group) is 1. The van der Waals surface area contributed by atoms with Crippen LogP contribution >= 0.6 is 0 Å². The second kappa shape index (κ2) is 6.50. The smallest absolute Gasteiger partial charge is 0.234 e. The number of nitrogens with two attached hydrogens (primary N) is 1. The third-order valence-electron chi connectivity index (χ3n) is 3.93. The van der Waals surface area contributed by atoms with Gasteiger partial charge in [0.05, 0.1) is 6.54 Å². The van der Waals surface area contributed by atoms with E-state index in [0.717, 1.165) is 25.9 Å². The van der Waals surface area contributed by atoms with Crippen molar-refractivity contribution < 1.29 is 4.79 Å². The van der Waals surface area contributed by atoms with Crippen LogP contribution in [-0.2, 0) is 4.79 Å². The van der Waals surface area contributed by atoms with Crippen LogP contribution in [0.15, 0.2) is 0 Å². The summed E-state index contributed by atoms with van der Waals surface area (Å²) in [5, 5.41) is 3.01. The lowest BCUT2D eigenvalue weighted by Gasteiger charge is -2.33. The largest absolute Gasteiger partial charge is 0.353 e. The Morgan fingerprint density at radius 3 is 2.44 bits per heavy atom. The van der Waals surface area contributed by atoms with E-state index >= 15 is 0 Å². The molecule has 1 amide bonds. The summed E-state index contributed by atoms with van der Waals surface area (Å²) < 4.78 is 0. The first-order valence-electron chi connectivity index (χ1n) is 6.73. The maximum absolute atomic E-state index is 11.9. The molecule has 0 aromatic carbocycles. The molecule has 18 heavy (non-hydrogen) atoms. The van der Waals surface area contributed by atoms with E-state index in [-0.39, 0.29) is 11.4 Å². The summed E-state index contributed by atoms with van der Waals surface area (Å²) in [6.45, 7) is 7.28. The zero-order valence-electron chi connectivity index (χ0n) is 12.2. The van der Waals surface area contributed by atoms with Crippen molar-refractivity contribution in [3.8, 4) is 0 Å². The van der Waals surface area contributed by atoms with Crippen LogP contribution in [0, 0.1) is 0 Å². The van der Waals surface area contributed by atoms with E-state index in [0.29, 0.717) is 19.1 Å². The molecule has 0 aromatic rings. The lowest BCUT2D eigenvalue weighted by molar-refractivity contribution is -0.123. The Morgan fingerprint density at radius 2 is 1.94 bits per heavy atom. The molecule has 1 saturated heterocycles. The van der Waals surface area contributed by atoms with Gasteiger partial charge in [0.15, 0.2) is 0 Å². The molecule has 0 saturated carbocycles. The zero-order chi connectivity index (χ0) is 13.8. The molecule has 0 atom stereocenters. The van der Waals surface area contributed by atoms with Crippen molar-refractivity contribution in [1.82, 2.24) is 15.1 Å². The predicted molar refractivity (Wildman–Crippen MR) is 74.4 cm³/mol. The van der Waals surface area contributed by atoms with Crippen LogP contribution in [0.4, 0.5) is 0 Å². The fraction of sp³-hybridized carbons (Fsp3) is 0.923. The standard InChI is InChI=1S/C13H28N4O/c1-13(2,16(3)4)10-15-12(18)9-17-7-5-11(14)6-8-17/h11H,5-10,14H2,1-4H3,(H,15,18). The van der Waals surface area contributed by atoms with Crippen LogP contribution in [0.2, 0.25) is 0 Å². The molecule has 0 aliphatic carbocycles. The zero-order valence-corrected chi connectivity index (χ0v) is 12.2. The lowest BCUT2D eigenvalue weighted by Crippen LogP contribution is -2.50. The van der Waals surface area contributed by atoms with E-state index in [1.54, 1.807) is 0 Å². The second-order valence-corrected chi connectivity index (χ2v) is 6.10. The number of likely N-dealkylation sites (tertiary alicyclic amines) is 1. The highest BCUT2D eigenvalue weighted by molar-refractivity contribution is 5.78. The fourth-order valence-corrected chi connectivity index (χ4v) is 1.84. The Balaban J connectivity index is 2.26. The van der Waals surface area contributed by atoms with Crippen LogP contribution in [-0.4, -0.2) is 67.6 Å². The number of hydrogen-bond donors (Lipinski definition) is 2. The molecule has 5 nitrogen and oxygen atoms in total. The van der Waals surface area contributed by atoms with Crippen LogP contribution in [0.3, 0.4) is 0 Å². The van der Waals surface area contributed by atoms with Gasteiger partial charge in [-0.3, -0.25) is 9.69 Å². The number of nitrogens with zero attached hydrogens (tertiary/aromatic N) is 2. The number of amides is 1. The van der Waals surface area contributed by atoms with E-state index in [2.05, 4.69) is 29.0 Å². The van der Waals surface area contributed by atoms with Crippen molar-refractivity contribution in [2.45, 2.75) is 38.3 Å². The summed E-state index contributed by atoms with van der Waals surface area (Å²) in [6.07, 6.45) is 1.99. The molecule has 0 aromatic heterocycles. The van der Waals surface area contributed by atoms with Gasteiger partial charge in [-0.2, -0.15) is 0 Å². The molecule has 1 rings (SSSR count). The van der Waals surface area contributed by atoms with Crippen molar-refractivity contribution >= 4 is 5.91 Å². The van der Waals surface area contributed by atoms with E-state index in [1.807, 2.05) is 14.1 Å². The SMILES string of the molecule is CN(C)C(C)(C)CNC(=O)CN1CCC(N)CC1. The van der Waals surface area contributed by atoms with Crippen LogP contribution in [0.1, 0.15) is 26.7 Å². The van der Waals surface area contributed by atoms with Gasteiger partial charge in [-0.25, -0.2) is 0 Å². The molecule has 0 radical (unpaired) electrons. The molecule has 106 valence electrons. The Kier molecular flexibility index (Phi) is 5.56.